The average molecular weight is 353 g/mol. The molecular weight excluding hydrogens is 332 g/mol. The molecule has 0 heterocycles. The number of hydrogen-bond donors (Lipinski definition) is 3. The zero-order valence-electron chi connectivity index (χ0n) is 14.3. The highest BCUT2D eigenvalue weighted by Gasteiger charge is 2.08. The number of hydrogen-bond acceptors (Lipinski definition) is 4. The van der Waals surface area contributed by atoms with Gasteiger partial charge in [0.25, 0.3) is 0 Å². The lowest BCUT2D eigenvalue weighted by Gasteiger charge is -2.11. The van der Waals surface area contributed by atoms with Crippen molar-refractivity contribution >= 4 is 17.7 Å². The zero-order valence-corrected chi connectivity index (χ0v) is 14.3. The molecule has 0 atom stereocenters. The van der Waals surface area contributed by atoms with Crippen LogP contribution in [0.4, 0.5) is 10.5 Å². The molecule has 136 valence electrons. The monoisotopic (exact) mass is 353 g/mol. The molecule has 2 aromatic carbocycles. The molecule has 0 aliphatic rings. The molecule has 2 amide bonds. The Labute approximate surface area is 152 Å². The minimum absolute atomic E-state index is 0.0231. The molecule has 0 radical (unpaired) electrons. The van der Waals surface area contributed by atoms with Gasteiger partial charge in [-0.25, -0.2) is 4.79 Å². The van der Waals surface area contributed by atoms with Crippen LogP contribution in [-0.4, -0.2) is 23.7 Å². The number of aliphatic carboxylic acids is 1. The van der Waals surface area contributed by atoms with Crippen LogP contribution in [0.1, 0.15) is 19.3 Å². The minimum atomic E-state index is -1.25. The van der Waals surface area contributed by atoms with Gasteiger partial charge in [-0.3, -0.25) is 0 Å². The van der Waals surface area contributed by atoms with Crippen LogP contribution in [0, 0.1) is 0 Å². The Balaban J connectivity index is 1.85. The number of urea groups is 1. The van der Waals surface area contributed by atoms with Gasteiger partial charge in [-0.05, 0) is 48.1 Å². The molecule has 0 aromatic heterocycles. The maximum Gasteiger partial charge on any atom is 0.319 e. The Hall–Kier alpha value is -3.28. The first-order valence-corrected chi connectivity index (χ1v) is 8.30. The standard InChI is InChI=1S/C20H22N2O4/c1-14(19(24)25)7-5-6-12-21-20(26)22-17-13-16(10-11-18(17)23)15-8-3-2-4-9-15/h2-4,8-11,13,23H,1,5-7,12H2,(H,24,25)(H2,21,22,26)/p-1. The van der Waals surface area contributed by atoms with Crippen molar-refractivity contribution in [3.8, 4) is 16.9 Å². The quantitative estimate of drug-likeness (QED) is 0.386. The molecule has 0 saturated heterocycles. The van der Waals surface area contributed by atoms with Gasteiger partial charge in [0.1, 0.15) is 5.75 Å². The lowest BCUT2D eigenvalue weighted by Crippen LogP contribution is -2.29. The van der Waals surface area contributed by atoms with E-state index in [1.807, 2.05) is 30.3 Å². The summed E-state index contributed by atoms with van der Waals surface area (Å²) in [5.74, 6) is -1.27. The average Bonchev–Trinajstić information content (AvgIpc) is 2.63. The van der Waals surface area contributed by atoms with Gasteiger partial charge in [0, 0.05) is 6.54 Å². The first-order valence-electron chi connectivity index (χ1n) is 8.30. The summed E-state index contributed by atoms with van der Waals surface area (Å²) < 4.78 is 0. The second kappa shape index (κ2) is 9.27. The third-order valence-corrected chi connectivity index (χ3v) is 3.83. The van der Waals surface area contributed by atoms with E-state index in [1.165, 1.54) is 6.07 Å². The van der Waals surface area contributed by atoms with Crippen LogP contribution < -0.4 is 15.7 Å². The molecule has 6 heteroatoms. The van der Waals surface area contributed by atoms with E-state index in [-0.39, 0.29) is 11.3 Å². The molecule has 0 unspecified atom stereocenters. The second-order valence-corrected chi connectivity index (χ2v) is 5.83. The van der Waals surface area contributed by atoms with Crippen LogP contribution >= 0.6 is 0 Å². The molecule has 0 aliphatic heterocycles. The van der Waals surface area contributed by atoms with Crippen molar-refractivity contribution in [2.45, 2.75) is 19.3 Å². The summed E-state index contributed by atoms with van der Waals surface area (Å²) in [6.07, 6.45) is 1.52. The van der Waals surface area contributed by atoms with Gasteiger partial charge in [0.15, 0.2) is 0 Å². The number of unbranched alkanes of at least 4 members (excludes halogenated alkanes) is 1. The van der Waals surface area contributed by atoms with Gasteiger partial charge in [-0.2, -0.15) is 0 Å². The van der Waals surface area contributed by atoms with Crippen molar-refractivity contribution in [3.05, 3.63) is 60.7 Å². The maximum absolute atomic E-state index is 12.0. The van der Waals surface area contributed by atoms with E-state index >= 15 is 0 Å². The van der Waals surface area contributed by atoms with Gasteiger partial charge in [0.05, 0.1) is 11.7 Å². The number of phenols is 1. The zero-order chi connectivity index (χ0) is 18.9. The molecule has 6 nitrogen and oxygen atoms in total. The highest BCUT2D eigenvalue weighted by Crippen LogP contribution is 2.29. The van der Waals surface area contributed by atoms with E-state index in [1.54, 1.807) is 12.1 Å². The van der Waals surface area contributed by atoms with Crippen molar-refractivity contribution in [2.24, 2.45) is 0 Å². The summed E-state index contributed by atoms with van der Waals surface area (Å²) in [6, 6.07) is 14.2. The van der Waals surface area contributed by atoms with Crippen molar-refractivity contribution in [2.75, 3.05) is 11.9 Å². The fourth-order valence-corrected chi connectivity index (χ4v) is 2.38. The van der Waals surface area contributed by atoms with Gasteiger partial charge >= 0.3 is 6.03 Å². The van der Waals surface area contributed by atoms with E-state index < -0.39 is 12.0 Å². The van der Waals surface area contributed by atoms with E-state index in [2.05, 4.69) is 17.2 Å². The fourth-order valence-electron chi connectivity index (χ4n) is 2.38. The highest BCUT2D eigenvalue weighted by molar-refractivity contribution is 5.92. The number of nitrogens with one attached hydrogen (secondary N) is 2. The Kier molecular flexibility index (Phi) is 6.79. The third-order valence-electron chi connectivity index (χ3n) is 3.83. The van der Waals surface area contributed by atoms with E-state index in [9.17, 15) is 19.8 Å². The summed E-state index contributed by atoms with van der Waals surface area (Å²) in [5, 5.41) is 25.7. The summed E-state index contributed by atoms with van der Waals surface area (Å²) in [4.78, 5) is 22.5. The van der Waals surface area contributed by atoms with Crippen LogP contribution in [-0.2, 0) is 4.79 Å². The molecular formula is C20H21N2O4-. The molecule has 0 saturated carbocycles. The van der Waals surface area contributed by atoms with Crippen LogP contribution in [0.2, 0.25) is 0 Å². The molecule has 26 heavy (non-hydrogen) atoms. The SMILES string of the molecule is C=C(CCCCNC(=O)Nc1cc(-c2ccccc2)ccc1O)C(=O)[O-]. The Morgan fingerprint density at radius 3 is 2.46 bits per heavy atom. The van der Waals surface area contributed by atoms with Crippen molar-refractivity contribution < 1.29 is 19.8 Å². The number of benzene rings is 2. The first-order chi connectivity index (χ1) is 12.5. The number of carbonyl (C=O) groups is 2. The summed E-state index contributed by atoms with van der Waals surface area (Å²) in [7, 11) is 0. The van der Waals surface area contributed by atoms with Crippen molar-refractivity contribution in [1.82, 2.24) is 5.32 Å². The highest BCUT2D eigenvalue weighted by atomic mass is 16.4. The Morgan fingerprint density at radius 1 is 1.04 bits per heavy atom. The maximum atomic E-state index is 12.0. The van der Waals surface area contributed by atoms with Gasteiger partial charge < -0.3 is 25.6 Å². The summed E-state index contributed by atoms with van der Waals surface area (Å²) >= 11 is 0. The molecule has 2 aromatic rings. The summed E-state index contributed by atoms with van der Waals surface area (Å²) in [5.41, 5.74) is 2.22. The first kappa shape index (κ1) is 19.1. The minimum Gasteiger partial charge on any atom is -0.545 e. The topological polar surface area (TPSA) is 101 Å². The Morgan fingerprint density at radius 2 is 1.77 bits per heavy atom. The largest absolute Gasteiger partial charge is 0.545 e. The van der Waals surface area contributed by atoms with Gasteiger partial charge in [-0.15, -0.1) is 0 Å². The number of carbonyl (C=O) groups excluding carboxylic acids is 2. The lowest BCUT2D eigenvalue weighted by molar-refractivity contribution is -0.299. The number of amides is 2. The van der Waals surface area contributed by atoms with Crippen LogP contribution in [0.3, 0.4) is 0 Å². The Bertz CT molecular complexity index is 788. The number of aromatic hydroxyl groups is 1. The number of rotatable bonds is 8. The molecule has 0 bridgehead atoms. The molecule has 2 rings (SSSR count). The molecule has 3 N–H and O–H groups in total. The molecule has 0 spiro atoms. The fraction of sp³-hybridized carbons (Fsp3) is 0.200. The number of carboxylic acid groups (broad SMARTS) is 1. The second-order valence-electron chi connectivity index (χ2n) is 5.83. The van der Waals surface area contributed by atoms with Crippen LogP contribution in [0.5, 0.6) is 5.75 Å². The number of phenolic OH excluding ortho intramolecular Hbond substituents is 1. The van der Waals surface area contributed by atoms with Crippen molar-refractivity contribution in [1.29, 1.82) is 0 Å². The lowest BCUT2D eigenvalue weighted by atomic mass is 10.0. The van der Waals surface area contributed by atoms with E-state index in [0.717, 1.165) is 11.1 Å². The number of anilines is 1. The van der Waals surface area contributed by atoms with Gasteiger partial charge in [-0.1, -0.05) is 43.0 Å². The number of carboxylic acids is 1. The predicted octanol–water partition coefficient (Wildman–Crippen LogP) is 2.66. The van der Waals surface area contributed by atoms with Crippen LogP contribution in [0.15, 0.2) is 60.7 Å². The summed E-state index contributed by atoms with van der Waals surface area (Å²) in [6.45, 7) is 3.78. The molecule has 0 fully saturated rings. The normalized spacial score (nSPS) is 10.2. The van der Waals surface area contributed by atoms with Crippen LogP contribution in [0.25, 0.3) is 11.1 Å². The van der Waals surface area contributed by atoms with E-state index in [4.69, 9.17) is 0 Å². The van der Waals surface area contributed by atoms with Gasteiger partial charge in [0.2, 0.25) is 0 Å². The van der Waals surface area contributed by atoms with Crippen molar-refractivity contribution in [3.63, 3.8) is 0 Å². The predicted molar refractivity (Wildman–Crippen MR) is 98.6 cm³/mol. The smallest absolute Gasteiger partial charge is 0.319 e. The van der Waals surface area contributed by atoms with E-state index in [0.29, 0.717) is 31.5 Å². The molecule has 0 aliphatic carbocycles. The third kappa shape index (κ3) is 5.66.